The summed E-state index contributed by atoms with van der Waals surface area (Å²) in [4.78, 5) is 40.0. The number of rotatable bonds is 10. The summed E-state index contributed by atoms with van der Waals surface area (Å²) in [5.41, 5.74) is 3.45. The van der Waals surface area contributed by atoms with Crippen LogP contribution in [0.4, 0.5) is 11.4 Å². The average Bonchev–Trinajstić information content (AvgIpc) is 2.98. The fourth-order valence-corrected chi connectivity index (χ4v) is 4.86. The van der Waals surface area contributed by atoms with Crippen LogP contribution in [0.15, 0.2) is 114 Å². The van der Waals surface area contributed by atoms with Crippen molar-refractivity contribution < 1.29 is 19.1 Å². The Bertz CT molecular complexity index is 1570. The zero-order valence-corrected chi connectivity index (χ0v) is 23.8. The molecule has 0 aromatic heterocycles. The van der Waals surface area contributed by atoms with Crippen LogP contribution in [0, 0.1) is 6.92 Å². The number of nitrogens with one attached hydrogen (secondary N) is 3. The van der Waals surface area contributed by atoms with E-state index in [9.17, 15) is 14.4 Å². The molecule has 0 bridgehead atoms. The summed E-state index contributed by atoms with van der Waals surface area (Å²) in [5.74, 6) is -0.459. The number of hydrogen-bond donors (Lipinski definition) is 3. The van der Waals surface area contributed by atoms with E-state index in [4.69, 9.17) is 4.74 Å². The van der Waals surface area contributed by atoms with Gasteiger partial charge in [0.2, 0.25) is 5.91 Å². The molecule has 0 aliphatic carbocycles. The van der Waals surface area contributed by atoms with Crippen molar-refractivity contribution in [2.45, 2.75) is 24.0 Å². The number of aryl methyl sites for hydroxylation is 1. The van der Waals surface area contributed by atoms with Gasteiger partial charge in [-0.2, -0.15) is 0 Å². The lowest BCUT2D eigenvalue weighted by molar-refractivity contribution is -0.115. The number of amides is 3. The third-order valence-electron chi connectivity index (χ3n) is 6.16. The summed E-state index contributed by atoms with van der Waals surface area (Å²) in [7, 11) is 1.55. The molecular formula is C33H31N3O4S. The molecule has 7 nitrogen and oxygen atoms in total. The van der Waals surface area contributed by atoms with Crippen LogP contribution >= 0.6 is 11.8 Å². The van der Waals surface area contributed by atoms with Gasteiger partial charge in [-0.15, -0.1) is 11.8 Å². The molecule has 4 aromatic rings. The van der Waals surface area contributed by atoms with Gasteiger partial charge in [0.15, 0.2) is 0 Å². The zero-order chi connectivity index (χ0) is 29.2. The number of benzene rings is 4. The predicted octanol–water partition coefficient (Wildman–Crippen LogP) is 6.53. The Labute approximate surface area is 244 Å². The molecule has 0 fully saturated rings. The Hall–Kier alpha value is -4.82. The maximum absolute atomic E-state index is 13.4. The molecular weight excluding hydrogens is 534 g/mol. The first kappa shape index (κ1) is 29.2. The quantitative estimate of drug-likeness (QED) is 0.150. The first-order chi connectivity index (χ1) is 19.8. The van der Waals surface area contributed by atoms with Gasteiger partial charge in [0, 0.05) is 16.1 Å². The smallest absolute Gasteiger partial charge is 0.272 e. The van der Waals surface area contributed by atoms with Gasteiger partial charge in [-0.3, -0.25) is 14.4 Å². The second-order valence-electron chi connectivity index (χ2n) is 9.17. The highest BCUT2D eigenvalue weighted by molar-refractivity contribution is 8.00. The lowest BCUT2D eigenvalue weighted by Crippen LogP contribution is -2.30. The number of thioether (sulfide) groups is 1. The second-order valence-corrected chi connectivity index (χ2v) is 10.6. The number of carbonyl (C=O) groups excluding carboxylic acids is 3. The molecule has 0 saturated carbocycles. The molecule has 208 valence electrons. The van der Waals surface area contributed by atoms with Gasteiger partial charge < -0.3 is 20.7 Å². The van der Waals surface area contributed by atoms with Crippen LogP contribution < -0.4 is 20.7 Å². The lowest BCUT2D eigenvalue weighted by atomic mass is 10.1. The maximum Gasteiger partial charge on any atom is 0.272 e. The Morgan fingerprint density at radius 1 is 0.829 bits per heavy atom. The monoisotopic (exact) mass is 565 g/mol. The van der Waals surface area contributed by atoms with Crippen LogP contribution in [0.25, 0.3) is 6.08 Å². The number of methoxy groups -OCH3 is 1. The van der Waals surface area contributed by atoms with Crippen LogP contribution in [0.5, 0.6) is 5.75 Å². The largest absolute Gasteiger partial charge is 0.495 e. The lowest BCUT2D eigenvalue weighted by Gasteiger charge is -2.15. The van der Waals surface area contributed by atoms with Gasteiger partial charge in [-0.25, -0.2) is 0 Å². The van der Waals surface area contributed by atoms with Gasteiger partial charge in [0.05, 0.1) is 18.0 Å². The first-order valence-electron chi connectivity index (χ1n) is 13.0. The Kier molecular flexibility index (Phi) is 9.96. The average molecular weight is 566 g/mol. The molecule has 41 heavy (non-hydrogen) atoms. The van der Waals surface area contributed by atoms with Gasteiger partial charge in [-0.05, 0) is 73.5 Å². The summed E-state index contributed by atoms with van der Waals surface area (Å²) in [6, 6.07) is 30.8. The summed E-state index contributed by atoms with van der Waals surface area (Å²) >= 11 is 1.36. The van der Waals surface area contributed by atoms with E-state index in [1.165, 1.54) is 11.8 Å². The molecule has 4 aromatic carbocycles. The van der Waals surface area contributed by atoms with E-state index < -0.39 is 11.2 Å². The van der Waals surface area contributed by atoms with Crippen molar-refractivity contribution in [1.29, 1.82) is 0 Å². The van der Waals surface area contributed by atoms with Crippen LogP contribution in [0.1, 0.15) is 28.4 Å². The Morgan fingerprint density at radius 3 is 2.29 bits per heavy atom. The van der Waals surface area contributed by atoms with Crippen molar-refractivity contribution in [2.24, 2.45) is 0 Å². The summed E-state index contributed by atoms with van der Waals surface area (Å²) < 4.78 is 5.32. The molecule has 8 heteroatoms. The molecule has 1 atom stereocenters. The molecule has 0 aliphatic rings. The maximum atomic E-state index is 13.4. The van der Waals surface area contributed by atoms with Crippen molar-refractivity contribution in [3.05, 3.63) is 126 Å². The fourth-order valence-electron chi connectivity index (χ4n) is 3.93. The van der Waals surface area contributed by atoms with Gasteiger partial charge in [0.25, 0.3) is 11.8 Å². The van der Waals surface area contributed by atoms with E-state index in [1.54, 1.807) is 67.8 Å². The molecule has 3 N–H and O–H groups in total. The highest BCUT2D eigenvalue weighted by atomic mass is 32.2. The van der Waals surface area contributed by atoms with Crippen molar-refractivity contribution in [3.8, 4) is 5.75 Å². The van der Waals surface area contributed by atoms with E-state index >= 15 is 0 Å². The number of hydrogen-bond acceptors (Lipinski definition) is 5. The predicted molar refractivity (Wildman–Crippen MR) is 165 cm³/mol. The Morgan fingerprint density at radius 2 is 1.54 bits per heavy atom. The molecule has 0 aliphatic heterocycles. The van der Waals surface area contributed by atoms with E-state index in [-0.39, 0.29) is 17.5 Å². The van der Waals surface area contributed by atoms with Crippen LogP contribution in [0.2, 0.25) is 0 Å². The highest BCUT2D eigenvalue weighted by Gasteiger charge is 2.18. The Balaban J connectivity index is 1.49. The van der Waals surface area contributed by atoms with Crippen molar-refractivity contribution in [3.63, 3.8) is 0 Å². The minimum absolute atomic E-state index is 0.107. The highest BCUT2D eigenvalue weighted by Crippen LogP contribution is 2.29. The third kappa shape index (κ3) is 8.09. The van der Waals surface area contributed by atoms with Crippen LogP contribution in [0.3, 0.4) is 0 Å². The fraction of sp³-hybridized carbons (Fsp3) is 0.121. The van der Waals surface area contributed by atoms with Gasteiger partial charge in [-0.1, -0.05) is 60.7 Å². The van der Waals surface area contributed by atoms with Crippen molar-refractivity contribution in [1.82, 2.24) is 5.32 Å². The van der Waals surface area contributed by atoms with E-state index in [1.807, 2.05) is 62.4 Å². The molecule has 1 unspecified atom stereocenters. The number of ether oxygens (including phenoxy) is 1. The molecule has 3 amide bonds. The van der Waals surface area contributed by atoms with Gasteiger partial charge >= 0.3 is 0 Å². The molecule has 4 rings (SSSR count). The third-order valence-corrected chi connectivity index (χ3v) is 7.25. The minimum atomic E-state index is -0.471. The van der Waals surface area contributed by atoms with E-state index in [0.717, 1.165) is 16.0 Å². The second kappa shape index (κ2) is 14.0. The summed E-state index contributed by atoms with van der Waals surface area (Å²) in [5, 5.41) is 8.13. The number of para-hydroxylation sites is 2. The van der Waals surface area contributed by atoms with Crippen LogP contribution in [-0.2, 0) is 9.59 Å². The van der Waals surface area contributed by atoms with E-state index in [0.29, 0.717) is 22.7 Å². The minimum Gasteiger partial charge on any atom is -0.495 e. The SMILES string of the molecule is COc1ccccc1NC(=O)C(C)Sc1cccc(NC(=O)/C(=C/c2ccccc2C)NC(=O)c2ccccc2)c1. The normalized spacial score (nSPS) is 11.7. The van der Waals surface area contributed by atoms with Crippen molar-refractivity contribution >= 4 is 46.9 Å². The topological polar surface area (TPSA) is 96.5 Å². The van der Waals surface area contributed by atoms with Gasteiger partial charge in [0.1, 0.15) is 11.4 Å². The summed E-state index contributed by atoms with van der Waals surface area (Å²) in [6.45, 7) is 3.75. The van der Waals surface area contributed by atoms with E-state index in [2.05, 4.69) is 16.0 Å². The zero-order valence-electron chi connectivity index (χ0n) is 23.0. The van der Waals surface area contributed by atoms with Crippen LogP contribution in [-0.4, -0.2) is 30.1 Å². The molecule has 0 radical (unpaired) electrons. The summed E-state index contributed by atoms with van der Waals surface area (Å²) in [6.07, 6.45) is 1.66. The number of anilines is 2. The standard InChI is InChI=1S/C33H31N3O4S/c1-22-12-7-8-15-25(22)20-29(36-32(38)24-13-5-4-6-14-24)33(39)34-26-16-11-17-27(21-26)41-23(2)31(37)35-28-18-9-10-19-30(28)40-3/h4-21,23H,1-3H3,(H,34,39)(H,35,37)(H,36,38)/b29-20-. The molecule has 0 saturated heterocycles. The van der Waals surface area contributed by atoms with Crippen molar-refractivity contribution in [2.75, 3.05) is 17.7 Å². The first-order valence-corrected chi connectivity index (χ1v) is 13.9. The number of carbonyl (C=O) groups is 3. The molecule has 0 heterocycles. The molecule has 0 spiro atoms.